The number of nitrogens with one attached hydrogen (secondary N) is 1. The molecule has 2 heterocycles. The van der Waals surface area contributed by atoms with E-state index in [2.05, 4.69) is 50.9 Å². The summed E-state index contributed by atoms with van der Waals surface area (Å²) >= 11 is 0. The van der Waals surface area contributed by atoms with Gasteiger partial charge in [-0.1, -0.05) is 46.3 Å². The molecule has 0 bridgehead atoms. The average molecular weight is 539 g/mol. The summed E-state index contributed by atoms with van der Waals surface area (Å²) in [5.74, 6) is 3.83. The first-order valence-electron chi connectivity index (χ1n) is 16.6. The summed E-state index contributed by atoms with van der Waals surface area (Å²) in [7, 11) is 0. The van der Waals surface area contributed by atoms with Gasteiger partial charge >= 0.3 is 0 Å². The molecule has 1 amide bonds. The van der Waals surface area contributed by atoms with Crippen LogP contribution in [0.1, 0.15) is 105 Å². The summed E-state index contributed by atoms with van der Waals surface area (Å²) in [6, 6.07) is 0.476. The molecule has 5 aliphatic carbocycles. The fourth-order valence-corrected chi connectivity index (χ4v) is 12.4. The minimum absolute atomic E-state index is 0.0000183. The van der Waals surface area contributed by atoms with Crippen LogP contribution >= 0.6 is 0 Å². The van der Waals surface area contributed by atoms with Crippen LogP contribution in [0.5, 0.6) is 0 Å². The molecule has 2 unspecified atom stereocenters. The summed E-state index contributed by atoms with van der Waals surface area (Å²) in [4.78, 5) is 14.8. The van der Waals surface area contributed by atoms with E-state index in [0.717, 1.165) is 56.7 Å². The molecule has 7 rings (SSSR count). The highest BCUT2D eigenvalue weighted by atomic mass is 16.5. The number of amides is 1. The van der Waals surface area contributed by atoms with Crippen LogP contribution in [0.2, 0.25) is 0 Å². The molecule has 0 aromatic rings. The van der Waals surface area contributed by atoms with E-state index in [4.69, 9.17) is 4.74 Å². The molecule has 2 saturated heterocycles. The molecule has 218 valence electrons. The van der Waals surface area contributed by atoms with Gasteiger partial charge in [-0.25, -0.2) is 0 Å². The molecular weight excluding hydrogens is 484 g/mol. The zero-order valence-electron chi connectivity index (χ0n) is 25.3. The van der Waals surface area contributed by atoms with Gasteiger partial charge in [0.15, 0.2) is 0 Å². The summed E-state index contributed by atoms with van der Waals surface area (Å²) in [6.45, 7) is 15.0. The Balaban J connectivity index is 1.13. The highest BCUT2D eigenvalue weighted by Crippen LogP contribution is 2.87. The van der Waals surface area contributed by atoms with Gasteiger partial charge in [0.1, 0.15) is 0 Å². The molecule has 7 aliphatic rings. The highest BCUT2D eigenvalue weighted by molar-refractivity contribution is 5.75. The number of fused-ring (bicyclic) bond motifs is 6. The second-order valence-electron chi connectivity index (χ2n) is 15.8. The maximum absolute atomic E-state index is 12.1. The Bertz CT molecular complexity index is 1040. The lowest BCUT2D eigenvalue weighted by molar-refractivity contribution is -0.148. The Morgan fingerprint density at radius 2 is 2.03 bits per heavy atom. The lowest BCUT2D eigenvalue weighted by Gasteiger charge is -2.50. The molecule has 2 aliphatic heterocycles. The van der Waals surface area contributed by atoms with Crippen molar-refractivity contribution in [2.24, 2.45) is 45.8 Å². The van der Waals surface area contributed by atoms with E-state index >= 15 is 0 Å². The van der Waals surface area contributed by atoms with Gasteiger partial charge < -0.3 is 15.2 Å². The number of ether oxygens (including phenoxy) is 1. The van der Waals surface area contributed by atoms with Crippen LogP contribution < -0.4 is 5.32 Å². The largest absolute Gasteiger partial charge is 0.393 e. The maximum atomic E-state index is 12.1. The number of aliphatic hydroxyl groups excluding tert-OH is 1. The summed E-state index contributed by atoms with van der Waals surface area (Å²) in [6.07, 6.45) is 15.1. The molecule has 6 fully saturated rings. The zero-order chi connectivity index (χ0) is 27.4. The topological polar surface area (TPSA) is 61.8 Å². The summed E-state index contributed by atoms with van der Waals surface area (Å²) in [5, 5.41) is 13.6. The predicted molar refractivity (Wildman–Crippen MR) is 154 cm³/mol. The summed E-state index contributed by atoms with van der Waals surface area (Å²) in [5.41, 5.74) is 2.62. The smallest absolute Gasteiger partial charge is 0.220 e. The van der Waals surface area contributed by atoms with Crippen molar-refractivity contribution in [3.8, 4) is 0 Å². The molecule has 0 aromatic carbocycles. The number of carbonyl (C=O) groups excluding carboxylic acids is 1. The third-order valence-electron chi connectivity index (χ3n) is 14.2. The second kappa shape index (κ2) is 9.04. The van der Waals surface area contributed by atoms with Crippen molar-refractivity contribution in [1.29, 1.82) is 0 Å². The van der Waals surface area contributed by atoms with Gasteiger partial charge in [0.25, 0.3) is 0 Å². The Hall–Kier alpha value is -0.910. The first-order valence-corrected chi connectivity index (χ1v) is 16.6. The molecule has 0 radical (unpaired) electrons. The molecule has 2 N–H and O–H groups in total. The molecule has 0 aromatic heterocycles. The van der Waals surface area contributed by atoms with E-state index < -0.39 is 0 Å². The molecule has 39 heavy (non-hydrogen) atoms. The third kappa shape index (κ3) is 3.57. The fourth-order valence-electron chi connectivity index (χ4n) is 12.4. The average Bonchev–Trinajstić information content (AvgIpc) is 3.22. The Morgan fingerprint density at radius 1 is 1.21 bits per heavy atom. The van der Waals surface area contributed by atoms with Crippen LogP contribution in [0.3, 0.4) is 0 Å². The number of rotatable bonds is 5. The van der Waals surface area contributed by atoms with Crippen molar-refractivity contribution in [2.45, 2.75) is 129 Å². The van der Waals surface area contributed by atoms with Crippen LogP contribution in [-0.4, -0.2) is 59.4 Å². The van der Waals surface area contributed by atoms with E-state index in [-0.39, 0.29) is 23.0 Å². The number of nitrogens with zero attached hydrogens (tertiary/aromatic N) is 1. The van der Waals surface area contributed by atoms with Gasteiger partial charge in [-0.15, -0.1) is 0 Å². The lowest BCUT2D eigenvalue weighted by Crippen LogP contribution is -2.55. The van der Waals surface area contributed by atoms with Crippen molar-refractivity contribution < 1.29 is 14.6 Å². The second-order valence-corrected chi connectivity index (χ2v) is 15.8. The first kappa shape index (κ1) is 27.0. The third-order valence-corrected chi connectivity index (χ3v) is 14.2. The molecular formula is C34H54N2O3. The lowest BCUT2D eigenvalue weighted by atomic mass is 9.56. The highest BCUT2D eigenvalue weighted by Gasteiger charge is 2.84. The number of aliphatic hydroxyl groups is 1. The van der Waals surface area contributed by atoms with Gasteiger partial charge in [0.2, 0.25) is 5.91 Å². The van der Waals surface area contributed by atoms with Gasteiger partial charge in [0.05, 0.1) is 17.8 Å². The maximum Gasteiger partial charge on any atom is 0.220 e. The molecule has 5 nitrogen and oxygen atoms in total. The van der Waals surface area contributed by atoms with E-state index in [0.29, 0.717) is 41.2 Å². The zero-order valence-corrected chi connectivity index (χ0v) is 25.3. The summed E-state index contributed by atoms with van der Waals surface area (Å²) < 4.78 is 7.46. The van der Waals surface area contributed by atoms with Gasteiger partial charge in [-0.2, -0.15) is 0 Å². The Kier molecular flexibility index (Phi) is 6.25. The van der Waals surface area contributed by atoms with Crippen LogP contribution in [-0.2, 0) is 9.53 Å². The Morgan fingerprint density at radius 3 is 2.82 bits per heavy atom. The minimum atomic E-state index is -0.126. The number of piperidine rings is 1. The number of allylic oxidation sites excluding steroid dienone is 1. The number of likely N-dealkylation sites (tertiary alicyclic amines) is 1. The van der Waals surface area contributed by atoms with Gasteiger partial charge in [-0.3, -0.25) is 9.69 Å². The van der Waals surface area contributed by atoms with Crippen molar-refractivity contribution >= 4 is 5.91 Å². The number of carbonyl (C=O) groups is 1. The van der Waals surface area contributed by atoms with Crippen LogP contribution in [0.25, 0.3) is 0 Å². The molecule has 2 spiro atoms. The monoisotopic (exact) mass is 538 g/mol. The quantitative estimate of drug-likeness (QED) is 0.440. The number of hydrogen-bond acceptors (Lipinski definition) is 4. The molecule has 4 saturated carbocycles. The number of hydrogen-bond donors (Lipinski definition) is 2. The molecule has 12 atom stereocenters. The van der Waals surface area contributed by atoms with E-state index in [1.54, 1.807) is 5.57 Å². The fraction of sp³-hybridized carbons (Fsp3) is 0.912. The molecule has 5 heteroatoms. The van der Waals surface area contributed by atoms with Gasteiger partial charge in [-0.05, 0) is 98.7 Å². The van der Waals surface area contributed by atoms with Crippen molar-refractivity contribution in [2.75, 3.05) is 19.6 Å². The van der Waals surface area contributed by atoms with Crippen LogP contribution in [0, 0.1) is 45.8 Å². The Labute approximate surface area is 236 Å². The standard InChI is InChI=1S/C34H54N2O3/c1-6-7-29(38)35-14-15-36-19-21(2)16-28-30(36)22(3)34(39-28)13-11-26-25-9-8-23-17-24(37)10-12-31(23,4)27(25)18-33(26)20-32(33,34)5/h8,21-22,24-28,30,37H,6-7,9-20H2,1-5H3,(H,35,38)/t21-,22+,24-,25-,26-,27-,28+,30-,31-,32?,33?,34+/m0/s1. The normalized spacial score (nSPS) is 53.7. The van der Waals surface area contributed by atoms with Crippen LogP contribution in [0.15, 0.2) is 11.6 Å². The first-order chi connectivity index (χ1) is 18.6. The van der Waals surface area contributed by atoms with Crippen molar-refractivity contribution in [3.05, 3.63) is 11.6 Å². The van der Waals surface area contributed by atoms with Crippen LogP contribution in [0.4, 0.5) is 0 Å². The van der Waals surface area contributed by atoms with Crippen molar-refractivity contribution in [1.82, 2.24) is 10.2 Å². The van der Waals surface area contributed by atoms with Crippen molar-refractivity contribution in [3.63, 3.8) is 0 Å². The van der Waals surface area contributed by atoms with Gasteiger partial charge in [0, 0.05) is 43.4 Å². The van der Waals surface area contributed by atoms with E-state index in [1.165, 1.54) is 44.9 Å². The predicted octanol–water partition coefficient (Wildman–Crippen LogP) is 5.71. The SMILES string of the molecule is CCCC(=O)NCCN1C[C@@H](C)C[C@H]2O[C@]3(CC[C@H]4[C@@H]5CC=C6C[C@@H](O)CC[C@]6(C)[C@H]5CC45CC53C)[C@H](C)[C@@H]21. The van der Waals surface area contributed by atoms with E-state index in [1.807, 2.05) is 0 Å². The van der Waals surface area contributed by atoms with E-state index in [9.17, 15) is 9.90 Å². The minimum Gasteiger partial charge on any atom is -0.393 e.